The van der Waals surface area contributed by atoms with Crippen molar-refractivity contribution in [2.75, 3.05) is 18.4 Å². The summed E-state index contributed by atoms with van der Waals surface area (Å²) in [5.74, 6) is 0.861. The molecule has 1 amide bonds. The van der Waals surface area contributed by atoms with Gasteiger partial charge in [0.05, 0.1) is 16.3 Å². The first kappa shape index (κ1) is 12.5. The van der Waals surface area contributed by atoms with E-state index in [1.165, 1.54) is 4.90 Å². The van der Waals surface area contributed by atoms with Crippen LogP contribution >= 0.6 is 11.6 Å². The van der Waals surface area contributed by atoms with Crippen LogP contribution in [0.5, 0.6) is 0 Å². The molecule has 1 saturated heterocycles. The first-order valence-corrected chi connectivity index (χ1v) is 6.79. The summed E-state index contributed by atoms with van der Waals surface area (Å²) in [7, 11) is 0. The maximum Gasteiger partial charge on any atom is 0.407 e. The van der Waals surface area contributed by atoms with E-state index < -0.39 is 6.09 Å². The van der Waals surface area contributed by atoms with Crippen LogP contribution in [0, 0.1) is 6.92 Å². The second-order valence-electron chi connectivity index (χ2n) is 5.42. The lowest BCUT2D eigenvalue weighted by atomic mass is 9.87. The first-order chi connectivity index (χ1) is 8.99. The molecule has 0 aromatic carbocycles. The average molecular weight is 282 g/mol. The van der Waals surface area contributed by atoms with Gasteiger partial charge < -0.3 is 15.3 Å². The van der Waals surface area contributed by atoms with E-state index in [9.17, 15) is 4.79 Å². The van der Waals surface area contributed by atoms with Gasteiger partial charge in [0.25, 0.3) is 0 Å². The van der Waals surface area contributed by atoms with E-state index in [0.29, 0.717) is 18.1 Å². The second-order valence-corrected chi connectivity index (χ2v) is 5.83. The molecule has 0 aliphatic carbocycles. The quantitative estimate of drug-likeness (QED) is 0.767. The summed E-state index contributed by atoms with van der Waals surface area (Å²) >= 11 is 6.09. The Bertz CT molecular complexity index is 549. The van der Waals surface area contributed by atoms with Gasteiger partial charge in [-0.1, -0.05) is 11.6 Å². The van der Waals surface area contributed by atoms with Gasteiger partial charge >= 0.3 is 6.09 Å². The highest BCUT2D eigenvalue weighted by Gasteiger charge is 2.42. The molecule has 1 aromatic rings. The van der Waals surface area contributed by atoms with Crippen LogP contribution in [0.4, 0.5) is 10.6 Å². The Morgan fingerprint density at radius 2 is 2.37 bits per heavy atom. The molecule has 6 heteroatoms. The molecule has 0 bridgehead atoms. The number of likely N-dealkylation sites (tertiary alicyclic amines) is 1. The summed E-state index contributed by atoms with van der Waals surface area (Å²) in [4.78, 5) is 17.0. The molecular formula is C13H16ClN3O2. The standard InChI is InChI=1S/C13H16ClN3O2/c1-8-10(14)6-9-2-3-13(16-11(9)15-8)4-5-17(7-13)12(18)19/h6H,2-5,7H2,1H3,(H,15,16)(H,18,19). The van der Waals surface area contributed by atoms with Crippen molar-refractivity contribution in [2.45, 2.75) is 31.7 Å². The van der Waals surface area contributed by atoms with Crippen molar-refractivity contribution >= 4 is 23.5 Å². The molecule has 0 radical (unpaired) electrons. The van der Waals surface area contributed by atoms with Crippen molar-refractivity contribution in [3.05, 3.63) is 22.3 Å². The third kappa shape index (κ3) is 2.12. The molecule has 1 unspecified atom stereocenters. The number of fused-ring (bicyclic) bond motifs is 1. The fourth-order valence-corrected chi connectivity index (χ4v) is 3.12. The van der Waals surface area contributed by atoms with Crippen LogP contribution in [0.15, 0.2) is 6.07 Å². The summed E-state index contributed by atoms with van der Waals surface area (Å²) in [5, 5.41) is 13.2. The van der Waals surface area contributed by atoms with Crippen LogP contribution in [-0.2, 0) is 6.42 Å². The number of amides is 1. The molecule has 1 fully saturated rings. The number of halogens is 1. The summed E-state index contributed by atoms with van der Waals surface area (Å²) in [6.45, 7) is 3.00. The number of carbonyl (C=O) groups is 1. The number of carboxylic acid groups (broad SMARTS) is 1. The minimum atomic E-state index is -0.843. The maximum atomic E-state index is 11.0. The molecule has 1 atom stereocenters. The first-order valence-electron chi connectivity index (χ1n) is 6.41. The van der Waals surface area contributed by atoms with Crippen LogP contribution in [0.3, 0.4) is 0 Å². The van der Waals surface area contributed by atoms with Gasteiger partial charge in [-0.15, -0.1) is 0 Å². The Kier molecular flexibility index (Phi) is 2.82. The Labute approximate surface area is 116 Å². The van der Waals surface area contributed by atoms with Crippen molar-refractivity contribution in [1.29, 1.82) is 0 Å². The van der Waals surface area contributed by atoms with E-state index in [4.69, 9.17) is 16.7 Å². The van der Waals surface area contributed by atoms with Gasteiger partial charge in [-0.3, -0.25) is 0 Å². The molecule has 0 saturated carbocycles. The minimum Gasteiger partial charge on any atom is -0.465 e. The molecule has 19 heavy (non-hydrogen) atoms. The summed E-state index contributed by atoms with van der Waals surface area (Å²) < 4.78 is 0. The van der Waals surface area contributed by atoms with E-state index in [-0.39, 0.29) is 5.54 Å². The molecule has 2 N–H and O–H groups in total. The zero-order valence-electron chi connectivity index (χ0n) is 10.7. The van der Waals surface area contributed by atoms with E-state index in [0.717, 1.165) is 36.3 Å². The van der Waals surface area contributed by atoms with E-state index in [2.05, 4.69) is 10.3 Å². The highest BCUT2D eigenvalue weighted by Crippen LogP contribution is 2.37. The van der Waals surface area contributed by atoms with Gasteiger partial charge in [0, 0.05) is 13.1 Å². The van der Waals surface area contributed by atoms with Crippen molar-refractivity contribution in [2.24, 2.45) is 0 Å². The van der Waals surface area contributed by atoms with Gasteiger partial charge in [0.1, 0.15) is 5.82 Å². The molecule has 2 aliphatic heterocycles. The number of pyridine rings is 1. The number of hydrogen-bond donors (Lipinski definition) is 2. The van der Waals surface area contributed by atoms with Crippen molar-refractivity contribution in [3.63, 3.8) is 0 Å². The largest absolute Gasteiger partial charge is 0.465 e. The van der Waals surface area contributed by atoms with Crippen LogP contribution < -0.4 is 5.32 Å². The molecule has 5 nitrogen and oxygen atoms in total. The smallest absolute Gasteiger partial charge is 0.407 e. The van der Waals surface area contributed by atoms with E-state index in [1.54, 1.807) is 0 Å². The summed E-state index contributed by atoms with van der Waals surface area (Å²) in [6, 6.07) is 1.96. The number of aryl methyl sites for hydroxylation is 2. The Morgan fingerprint density at radius 1 is 1.58 bits per heavy atom. The van der Waals surface area contributed by atoms with Gasteiger partial charge in [0.15, 0.2) is 0 Å². The number of aromatic nitrogens is 1. The number of anilines is 1. The molecule has 1 aromatic heterocycles. The van der Waals surface area contributed by atoms with Crippen LogP contribution in [0.1, 0.15) is 24.1 Å². The topological polar surface area (TPSA) is 65.5 Å². The number of nitrogens with one attached hydrogen (secondary N) is 1. The van der Waals surface area contributed by atoms with Crippen molar-refractivity contribution in [3.8, 4) is 0 Å². The van der Waals surface area contributed by atoms with E-state index in [1.807, 2.05) is 13.0 Å². The highest BCUT2D eigenvalue weighted by molar-refractivity contribution is 6.31. The van der Waals surface area contributed by atoms with Gasteiger partial charge in [0.2, 0.25) is 0 Å². The van der Waals surface area contributed by atoms with E-state index >= 15 is 0 Å². The second kappa shape index (κ2) is 4.27. The molecule has 3 rings (SSSR count). The Morgan fingerprint density at radius 3 is 3.05 bits per heavy atom. The van der Waals surface area contributed by atoms with Gasteiger partial charge in [-0.2, -0.15) is 0 Å². The third-order valence-electron chi connectivity index (χ3n) is 4.11. The zero-order chi connectivity index (χ0) is 13.6. The predicted molar refractivity (Wildman–Crippen MR) is 72.9 cm³/mol. The fourth-order valence-electron chi connectivity index (χ4n) is 2.95. The van der Waals surface area contributed by atoms with Gasteiger partial charge in [-0.25, -0.2) is 9.78 Å². The zero-order valence-corrected chi connectivity index (χ0v) is 11.5. The van der Waals surface area contributed by atoms with Crippen LogP contribution in [0.2, 0.25) is 5.02 Å². The van der Waals surface area contributed by atoms with Gasteiger partial charge in [-0.05, 0) is 37.8 Å². The molecule has 3 heterocycles. The molecule has 2 aliphatic rings. The Hall–Kier alpha value is -1.49. The monoisotopic (exact) mass is 281 g/mol. The summed E-state index contributed by atoms with van der Waals surface area (Å²) in [5.41, 5.74) is 1.77. The van der Waals surface area contributed by atoms with Crippen molar-refractivity contribution < 1.29 is 9.90 Å². The van der Waals surface area contributed by atoms with Crippen LogP contribution in [-0.4, -0.2) is 39.7 Å². The average Bonchev–Trinajstić information content (AvgIpc) is 2.76. The molecular weight excluding hydrogens is 266 g/mol. The lowest BCUT2D eigenvalue weighted by Crippen LogP contribution is -2.45. The van der Waals surface area contributed by atoms with Crippen LogP contribution in [0.25, 0.3) is 0 Å². The molecule has 102 valence electrons. The predicted octanol–water partition coefficient (Wildman–Crippen LogP) is 2.52. The lowest BCUT2D eigenvalue weighted by molar-refractivity contribution is 0.153. The number of hydrogen-bond acceptors (Lipinski definition) is 3. The fraction of sp³-hybridized carbons (Fsp3) is 0.538. The number of nitrogens with zero attached hydrogens (tertiary/aromatic N) is 2. The molecule has 1 spiro atoms. The lowest BCUT2D eigenvalue weighted by Gasteiger charge is -2.36. The SMILES string of the molecule is Cc1nc2c(cc1Cl)CCC1(CCN(C(=O)O)C1)N2. The normalized spacial score (nSPS) is 25.3. The Balaban J connectivity index is 1.86. The highest BCUT2D eigenvalue weighted by atomic mass is 35.5. The van der Waals surface area contributed by atoms with Crippen molar-refractivity contribution in [1.82, 2.24) is 9.88 Å². The third-order valence-corrected chi connectivity index (χ3v) is 4.49. The minimum absolute atomic E-state index is 0.154. The number of rotatable bonds is 0. The maximum absolute atomic E-state index is 11.0. The summed E-state index contributed by atoms with van der Waals surface area (Å²) in [6.07, 6.45) is 1.81.